The molecule has 3 heterocycles. The standard InChI is InChI=1S/C16H13BrN4S/c1-10-4-2-3-5-11(10)13-8-12(14-6-7-15(17)22-14)20-16-18-9-19-21(13)16/h2-9,13H,1H3,(H,18,19,20)/t13-/m1/s1. The van der Waals surface area contributed by atoms with Crippen LogP contribution >= 0.6 is 27.3 Å². The van der Waals surface area contributed by atoms with Crippen molar-refractivity contribution >= 4 is 38.9 Å². The van der Waals surface area contributed by atoms with Gasteiger partial charge in [-0.05, 0) is 52.2 Å². The van der Waals surface area contributed by atoms with E-state index in [1.165, 1.54) is 16.0 Å². The Hall–Kier alpha value is -1.92. The molecule has 1 aliphatic heterocycles. The molecule has 110 valence electrons. The number of aromatic nitrogens is 3. The Balaban J connectivity index is 1.85. The van der Waals surface area contributed by atoms with Gasteiger partial charge in [0.25, 0.3) is 0 Å². The van der Waals surface area contributed by atoms with Gasteiger partial charge in [0, 0.05) is 0 Å². The molecule has 0 unspecified atom stereocenters. The fourth-order valence-electron chi connectivity index (χ4n) is 2.68. The number of thiophene rings is 1. The van der Waals surface area contributed by atoms with E-state index in [1.54, 1.807) is 17.7 Å². The van der Waals surface area contributed by atoms with Gasteiger partial charge in [-0.15, -0.1) is 11.3 Å². The molecule has 1 atom stereocenters. The van der Waals surface area contributed by atoms with Crippen molar-refractivity contribution in [3.05, 3.63) is 68.6 Å². The minimum Gasteiger partial charge on any atom is -0.323 e. The Morgan fingerprint density at radius 1 is 1.23 bits per heavy atom. The van der Waals surface area contributed by atoms with E-state index >= 15 is 0 Å². The lowest BCUT2D eigenvalue weighted by Crippen LogP contribution is -2.20. The van der Waals surface area contributed by atoms with E-state index in [0.717, 1.165) is 15.4 Å². The zero-order valence-corrected chi connectivity index (χ0v) is 14.2. The van der Waals surface area contributed by atoms with Crippen molar-refractivity contribution in [1.82, 2.24) is 14.8 Å². The maximum Gasteiger partial charge on any atom is 0.226 e. The number of aryl methyl sites for hydroxylation is 1. The predicted molar refractivity (Wildman–Crippen MR) is 93.0 cm³/mol. The normalized spacial score (nSPS) is 16.8. The summed E-state index contributed by atoms with van der Waals surface area (Å²) in [7, 11) is 0. The Morgan fingerprint density at radius 2 is 2.09 bits per heavy atom. The first-order valence-electron chi connectivity index (χ1n) is 6.92. The van der Waals surface area contributed by atoms with Gasteiger partial charge in [-0.1, -0.05) is 24.3 Å². The van der Waals surface area contributed by atoms with Crippen molar-refractivity contribution in [2.75, 3.05) is 5.32 Å². The summed E-state index contributed by atoms with van der Waals surface area (Å²) in [4.78, 5) is 5.52. The number of nitrogens with one attached hydrogen (secondary N) is 1. The molecule has 22 heavy (non-hydrogen) atoms. The van der Waals surface area contributed by atoms with Gasteiger partial charge in [0.1, 0.15) is 12.4 Å². The SMILES string of the molecule is Cc1ccccc1[C@H]1C=C(c2ccc(Br)s2)Nc2ncnn21. The van der Waals surface area contributed by atoms with Crippen molar-refractivity contribution in [3.8, 4) is 0 Å². The van der Waals surface area contributed by atoms with Gasteiger partial charge >= 0.3 is 0 Å². The van der Waals surface area contributed by atoms with Gasteiger partial charge in [0.15, 0.2) is 0 Å². The highest BCUT2D eigenvalue weighted by Gasteiger charge is 2.24. The van der Waals surface area contributed by atoms with Crippen LogP contribution in [-0.2, 0) is 0 Å². The Morgan fingerprint density at radius 3 is 2.86 bits per heavy atom. The second-order valence-corrected chi connectivity index (χ2v) is 7.60. The molecule has 3 aromatic rings. The number of nitrogens with zero attached hydrogens (tertiary/aromatic N) is 3. The van der Waals surface area contributed by atoms with Crippen LogP contribution in [0.3, 0.4) is 0 Å². The van der Waals surface area contributed by atoms with Crippen LogP contribution in [0.5, 0.6) is 0 Å². The Bertz CT molecular complexity index is 864. The van der Waals surface area contributed by atoms with Gasteiger partial charge in [0.2, 0.25) is 5.95 Å². The van der Waals surface area contributed by atoms with E-state index in [1.807, 2.05) is 4.68 Å². The molecule has 4 rings (SSSR count). The van der Waals surface area contributed by atoms with Crippen molar-refractivity contribution < 1.29 is 0 Å². The highest BCUT2D eigenvalue weighted by Crippen LogP contribution is 2.36. The van der Waals surface area contributed by atoms with Crippen LogP contribution in [0.2, 0.25) is 0 Å². The quantitative estimate of drug-likeness (QED) is 0.721. The first-order chi connectivity index (χ1) is 10.7. The number of benzene rings is 1. The summed E-state index contributed by atoms with van der Waals surface area (Å²) < 4.78 is 3.04. The van der Waals surface area contributed by atoms with E-state index in [-0.39, 0.29) is 6.04 Å². The molecule has 0 amide bonds. The van der Waals surface area contributed by atoms with Crippen molar-refractivity contribution in [2.45, 2.75) is 13.0 Å². The summed E-state index contributed by atoms with van der Waals surface area (Å²) in [6, 6.07) is 12.6. The van der Waals surface area contributed by atoms with Crippen LogP contribution in [0.25, 0.3) is 5.70 Å². The third-order valence-corrected chi connectivity index (χ3v) is 5.41. The predicted octanol–water partition coefficient (Wildman–Crippen LogP) is 4.47. The van der Waals surface area contributed by atoms with Crippen LogP contribution in [-0.4, -0.2) is 14.8 Å². The van der Waals surface area contributed by atoms with Crippen molar-refractivity contribution in [2.24, 2.45) is 0 Å². The lowest BCUT2D eigenvalue weighted by molar-refractivity contribution is 0.609. The molecular weight excluding hydrogens is 360 g/mol. The fourth-order valence-corrected chi connectivity index (χ4v) is 4.04. The van der Waals surface area contributed by atoms with Crippen LogP contribution < -0.4 is 5.32 Å². The molecule has 0 spiro atoms. The summed E-state index contributed by atoms with van der Waals surface area (Å²) >= 11 is 5.23. The maximum absolute atomic E-state index is 4.38. The lowest BCUT2D eigenvalue weighted by Gasteiger charge is -2.24. The second kappa shape index (κ2) is 5.37. The van der Waals surface area contributed by atoms with Gasteiger partial charge in [-0.2, -0.15) is 10.1 Å². The number of rotatable bonds is 2. The van der Waals surface area contributed by atoms with E-state index in [9.17, 15) is 0 Å². The molecule has 4 nitrogen and oxygen atoms in total. The number of hydrogen-bond acceptors (Lipinski definition) is 4. The topological polar surface area (TPSA) is 42.7 Å². The van der Waals surface area contributed by atoms with E-state index in [0.29, 0.717) is 0 Å². The van der Waals surface area contributed by atoms with Gasteiger partial charge in [0.05, 0.1) is 14.4 Å². The molecular formula is C16H13BrN4S. The molecule has 1 N–H and O–H groups in total. The number of anilines is 1. The summed E-state index contributed by atoms with van der Waals surface area (Å²) in [5.41, 5.74) is 3.56. The fraction of sp³-hybridized carbons (Fsp3) is 0.125. The second-order valence-electron chi connectivity index (χ2n) is 5.14. The molecule has 1 aliphatic rings. The molecule has 1 aromatic carbocycles. The first kappa shape index (κ1) is 13.7. The smallest absolute Gasteiger partial charge is 0.226 e. The maximum atomic E-state index is 4.38. The summed E-state index contributed by atoms with van der Waals surface area (Å²) in [6.07, 6.45) is 3.80. The van der Waals surface area contributed by atoms with E-state index < -0.39 is 0 Å². The lowest BCUT2D eigenvalue weighted by atomic mass is 9.99. The average molecular weight is 373 g/mol. The molecule has 2 aromatic heterocycles. The van der Waals surface area contributed by atoms with Crippen LogP contribution in [0.15, 0.2) is 52.6 Å². The third-order valence-electron chi connectivity index (χ3n) is 3.75. The highest BCUT2D eigenvalue weighted by atomic mass is 79.9. The number of hydrogen-bond donors (Lipinski definition) is 1. The Kier molecular flexibility index (Phi) is 3.35. The van der Waals surface area contributed by atoms with Crippen LogP contribution in [0, 0.1) is 6.92 Å². The average Bonchev–Trinajstić information content (AvgIpc) is 3.15. The minimum atomic E-state index is 0.0517. The van der Waals surface area contributed by atoms with Gasteiger partial charge in [-0.25, -0.2) is 4.68 Å². The van der Waals surface area contributed by atoms with Crippen molar-refractivity contribution in [3.63, 3.8) is 0 Å². The Labute approximate surface area is 140 Å². The summed E-state index contributed by atoms with van der Waals surface area (Å²) in [5, 5.41) is 7.75. The molecule has 0 saturated heterocycles. The zero-order valence-electron chi connectivity index (χ0n) is 11.8. The van der Waals surface area contributed by atoms with E-state index in [2.05, 4.69) is 80.7 Å². The monoisotopic (exact) mass is 372 g/mol. The zero-order chi connectivity index (χ0) is 15.1. The number of halogens is 1. The van der Waals surface area contributed by atoms with Gasteiger partial charge in [-0.3, -0.25) is 0 Å². The molecule has 6 heteroatoms. The molecule has 0 bridgehead atoms. The third kappa shape index (κ3) is 2.28. The summed E-state index contributed by atoms with van der Waals surface area (Å²) in [6.45, 7) is 2.13. The number of allylic oxidation sites excluding steroid dienone is 1. The minimum absolute atomic E-state index is 0.0517. The van der Waals surface area contributed by atoms with Gasteiger partial charge < -0.3 is 5.32 Å². The molecule has 0 fully saturated rings. The first-order valence-corrected chi connectivity index (χ1v) is 8.53. The molecule has 0 aliphatic carbocycles. The van der Waals surface area contributed by atoms with E-state index in [4.69, 9.17) is 0 Å². The highest BCUT2D eigenvalue weighted by molar-refractivity contribution is 9.11. The summed E-state index contributed by atoms with van der Waals surface area (Å²) in [5.74, 6) is 0.773. The van der Waals surface area contributed by atoms with Crippen LogP contribution in [0.1, 0.15) is 22.0 Å². The van der Waals surface area contributed by atoms with Crippen molar-refractivity contribution in [1.29, 1.82) is 0 Å². The molecule has 0 saturated carbocycles. The van der Waals surface area contributed by atoms with Crippen LogP contribution in [0.4, 0.5) is 5.95 Å². The largest absolute Gasteiger partial charge is 0.323 e. The number of fused-ring (bicyclic) bond motifs is 1. The molecule has 0 radical (unpaired) electrons.